The summed E-state index contributed by atoms with van der Waals surface area (Å²) >= 11 is 0. The second-order valence-corrected chi connectivity index (χ2v) is 7.28. The lowest BCUT2D eigenvalue weighted by molar-refractivity contribution is 0.0898. The van der Waals surface area contributed by atoms with Gasteiger partial charge >= 0.3 is 0 Å². The molecule has 2 aromatic rings. The Morgan fingerprint density at radius 2 is 1.92 bits per heavy atom. The van der Waals surface area contributed by atoms with Gasteiger partial charge in [-0.2, -0.15) is 0 Å². The molecule has 0 aliphatic carbocycles. The highest BCUT2D eigenvalue weighted by Crippen LogP contribution is 2.19. The molecule has 26 heavy (non-hydrogen) atoms. The van der Waals surface area contributed by atoms with Gasteiger partial charge in [-0.3, -0.25) is 14.5 Å². The van der Waals surface area contributed by atoms with Crippen LogP contribution in [0, 0.1) is 0 Å². The van der Waals surface area contributed by atoms with Crippen molar-refractivity contribution in [1.29, 1.82) is 0 Å². The van der Waals surface area contributed by atoms with Crippen molar-refractivity contribution < 1.29 is 9.53 Å². The van der Waals surface area contributed by atoms with Gasteiger partial charge in [0.05, 0.1) is 30.8 Å². The highest BCUT2D eigenvalue weighted by atomic mass is 16.5. The van der Waals surface area contributed by atoms with E-state index in [2.05, 4.69) is 10.2 Å². The van der Waals surface area contributed by atoms with Gasteiger partial charge in [0.25, 0.3) is 5.91 Å². The predicted molar refractivity (Wildman–Crippen MR) is 100 cm³/mol. The van der Waals surface area contributed by atoms with Crippen LogP contribution in [0.5, 0.6) is 0 Å². The third kappa shape index (κ3) is 3.15. The van der Waals surface area contributed by atoms with Crippen molar-refractivity contribution in [3.05, 3.63) is 46.2 Å². The fraction of sp³-hybridized carbons (Fsp3) is 0.500. The molecule has 2 fully saturated rings. The number of benzene rings is 1. The van der Waals surface area contributed by atoms with Crippen LogP contribution in [0.1, 0.15) is 29.6 Å². The predicted octanol–water partition coefficient (Wildman–Crippen LogP) is 1.52. The molecule has 2 aliphatic rings. The number of piperidine rings is 1. The van der Waals surface area contributed by atoms with Crippen molar-refractivity contribution in [2.75, 3.05) is 26.3 Å². The van der Waals surface area contributed by atoms with E-state index in [0.717, 1.165) is 18.6 Å². The van der Waals surface area contributed by atoms with Crippen LogP contribution in [0.4, 0.5) is 0 Å². The number of hydrogen-bond acceptors (Lipinski definition) is 4. The first-order valence-electron chi connectivity index (χ1n) is 9.36. The number of nitrogens with one attached hydrogen (secondary N) is 1. The molecule has 2 aliphatic heterocycles. The number of hydrogen-bond donors (Lipinski definition) is 1. The smallest absolute Gasteiger partial charge is 0.257 e. The van der Waals surface area contributed by atoms with Gasteiger partial charge in [-0.25, -0.2) is 0 Å². The number of rotatable bonds is 3. The number of likely N-dealkylation sites (tertiary alicyclic amines) is 1. The lowest BCUT2D eigenvalue weighted by Gasteiger charge is -2.34. The van der Waals surface area contributed by atoms with E-state index in [0.29, 0.717) is 18.6 Å². The van der Waals surface area contributed by atoms with E-state index in [-0.39, 0.29) is 29.0 Å². The van der Waals surface area contributed by atoms with Crippen molar-refractivity contribution in [2.24, 2.45) is 7.05 Å². The zero-order valence-corrected chi connectivity index (χ0v) is 15.1. The zero-order chi connectivity index (χ0) is 18.1. The third-order valence-corrected chi connectivity index (χ3v) is 5.57. The molecule has 0 unspecified atom stereocenters. The molecule has 2 saturated heterocycles. The molecule has 0 radical (unpaired) electrons. The van der Waals surface area contributed by atoms with Gasteiger partial charge in [-0.15, -0.1) is 0 Å². The number of ether oxygens (including phenoxy) is 1. The van der Waals surface area contributed by atoms with Crippen molar-refractivity contribution in [3.63, 3.8) is 0 Å². The summed E-state index contributed by atoms with van der Waals surface area (Å²) < 4.78 is 7.48. The summed E-state index contributed by atoms with van der Waals surface area (Å²) in [5, 5.41) is 3.62. The Bertz CT molecular complexity index is 870. The van der Waals surface area contributed by atoms with E-state index in [1.165, 1.54) is 19.3 Å². The minimum atomic E-state index is -0.311. The van der Waals surface area contributed by atoms with Gasteiger partial charge in [0.15, 0.2) is 0 Å². The molecule has 0 bridgehead atoms. The van der Waals surface area contributed by atoms with Crippen LogP contribution in [0.3, 0.4) is 0 Å². The fourth-order valence-corrected chi connectivity index (χ4v) is 4.14. The second kappa shape index (κ2) is 7.21. The van der Waals surface area contributed by atoms with Crippen LogP contribution >= 0.6 is 0 Å². The van der Waals surface area contributed by atoms with E-state index in [1.807, 2.05) is 29.8 Å². The van der Waals surface area contributed by atoms with Crippen molar-refractivity contribution >= 4 is 16.8 Å². The van der Waals surface area contributed by atoms with Crippen LogP contribution in [-0.2, 0) is 11.8 Å². The summed E-state index contributed by atoms with van der Waals surface area (Å²) in [6.45, 7) is 3.25. The largest absolute Gasteiger partial charge is 0.378 e. The Balaban J connectivity index is 1.57. The van der Waals surface area contributed by atoms with Gasteiger partial charge in [0.1, 0.15) is 5.56 Å². The number of fused-ring (bicyclic) bond motifs is 1. The molecule has 138 valence electrons. The first-order valence-corrected chi connectivity index (χ1v) is 9.36. The minimum absolute atomic E-state index is 0.0724. The number of carbonyl (C=O) groups is 1. The molecule has 0 spiro atoms. The van der Waals surface area contributed by atoms with Crippen molar-refractivity contribution in [3.8, 4) is 0 Å². The summed E-state index contributed by atoms with van der Waals surface area (Å²) in [6, 6.07) is 7.49. The Morgan fingerprint density at radius 3 is 2.73 bits per heavy atom. The monoisotopic (exact) mass is 355 g/mol. The number of aryl methyl sites for hydroxylation is 1. The molecule has 1 aromatic heterocycles. The highest BCUT2D eigenvalue weighted by molar-refractivity contribution is 5.97. The Labute approximate surface area is 152 Å². The molecular weight excluding hydrogens is 330 g/mol. The number of amides is 1. The highest BCUT2D eigenvalue weighted by Gasteiger charge is 2.35. The molecule has 0 saturated carbocycles. The van der Waals surface area contributed by atoms with Crippen LogP contribution in [0.15, 0.2) is 35.3 Å². The lowest BCUT2D eigenvalue weighted by Crippen LogP contribution is -2.52. The van der Waals surface area contributed by atoms with Gasteiger partial charge in [0.2, 0.25) is 5.43 Å². The van der Waals surface area contributed by atoms with Crippen molar-refractivity contribution in [1.82, 2.24) is 14.8 Å². The van der Waals surface area contributed by atoms with Gasteiger partial charge < -0.3 is 14.6 Å². The van der Waals surface area contributed by atoms with Crippen LogP contribution in [0.25, 0.3) is 10.9 Å². The maximum atomic E-state index is 12.8. The van der Waals surface area contributed by atoms with E-state index in [9.17, 15) is 9.59 Å². The average molecular weight is 355 g/mol. The first kappa shape index (κ1) is 17.2. The average Bonchev–Trinajstić information content (AvgIpc) is 3.13. The van der Waals surface area contributed by atoms with E-state index in [1.54, 1.807) is 12.3 Å². The Morgan fingerprint density at radius 1 is 1.15 bits per heavy atom. The first-order chi connectivity index (χ1) is 12.6. The van der Waals surface area contributed by atoms with E-state index < -0.39 is 0 Å². The Hall–Kier alpha value is -2.18. The summed E-state index contributed by atoms with van der Waals surface area (Å²) in [5.41, 5.74) is 0.796. The molecule has 1 N–H and O–H groups in total. The summed E-state index contributed by atoms with van der Waals surface area (Å²) in [7, 11) is 1.85. The van der Waals surface area contributed by atoms with Gasteiger partial charge in [-0.05, 0) is 38.1 Å². The standard InChI is InChI=1S/C20H25N3O3/c1-22-11-15(19(24)14-7-3-4-8-17(14)22)20(25)21-16-12-26-13-18(16)23-9-5-2-6-10-23/h3-4,7-8,11,16,18H,2,5-6,9-10,12-13H2,1H3,(H,21,25)/t16-,18-/m0/s1. The number of aromatic nitrogens is 1. The van der Waals surface area contributed by atoms with Crippen LogP contribution < -0.4 is 10.7 Å². The molecule has 1 amide bonds. The number of nitrogens with zero attached hydrogens (tertiary/aromatic N) is 2. The summed E-state index contributed by atoms with van der Waals surface area (Å²) in [6.07, 6.45) is 5.30. The lowest BCUT2D eigenvalue weighted by atomic mass is 10.0. The minimum Gasteiger partial charge on any atom is -0.378 e. The molecule has 6 nitrogen and oxygen atoms in total. The molecule has 4 rings (SSSR count). The Kier molecular flexibility index (Phi) is 4.78. The fourth-order valence-electron chi connectivity index (χ4n) is 4.14. The van der Waals surface area contributed by atoms with Gasteiger partial charge in [-0.1, -0.05) is 18.6 Å². The van der Waals surface area contributed by atoms with Crippen molar-refractivity contribution in [2.45, 2.75) is 31.3 Å². The van der Waals surface area contributed by atoms with E-state index >= 15 is 0 Å². The number of carbonyl (C=O) groups excluding carboxylic acids is 1. The molecule has 1 aromatic carbocycles. The van der Waals surface area contributed by atoms with Gasteiger partial charge in [0, 0.05) is 18.6 Å². The maximum Gasteiger partial charge on any atom is 0.257 e. The number of pyridine rings is 1. The molecular formula is C20H25N3O3. The second-order valence-electron chi connectivity index (χ2n) is 7.28. The summed E-state index contributed by atoms with van der Waals surface area (Å²) in [4.78, 5) is 28.0. The van der Waals surface area contributed by atoms with Crippen LogP contribution in [-0.4, -0.2) is 53.8 Å². The quantitative estimate of drug-likeness (QED) is 0.907. The number of para-hydroxylation sites is 1. The molecule has 2 atom stereocenters. The normalized spacial score (nSPS) is 24.0. The summed E-state index contributed by atoms with van der Waals surface area (Å²) in [5.74, 6) is -0.311. The molecule has 3 heterocycles. The third-order valence-electron chi connectivity index (χ3n) is 5.57. The SMILES string of the molecule is Cn1cc(C(=O)N[C@H]2COC[C@@H]2N2CCCCC2)c(=O)c2ccccc21. The van der Waals surface area contributed by atoms with Crippen LogP contribution in [0.2, 0.25) is 0 Å². The zero-order valence-electron chi connectivity index (χ0n) is 15.1. The topological polar surface area (TPSA) is 63.6 Å². The van der Waals surface area contributed by atoms with E-state index in [4.69, 9.17) is 4.74 Å². The maximum absolute atomic E-state index is 12.8. The molecule has 6 heteroatoms.